The normalized spacial score (nSPS) is 25.1. The van der Waals surface area contributed by atoms with Gasteiger partial charge in [-0.3, -0.25) is 9.59 Å². The number of carbonyl (C=O) groups excluding carboxylic acids is 2. The first-order valence-electron chi connectivity index (χ1n) is 10.6. The van der Waals surface area contributed by atoms with E-state index in [1.54, 1.807) is 30.3 Å². The van der Waals surface area contributed by atoms with E-state index in [4.69, 9.17) is 4.74 Å². The van der Waals surface area contributed by atoms with E-state index in [1.807, 2.05) is 11.8 Å². The van der Waals surface area contributed by atoms with Gasteiger partial charge < -0.3 is 20.1 Å². The average Bonchev–Trinajstić information content (AvgIpc) is 3.13. The van der Waals surface area contributed by atoms with Gasteiger partial charge >= 0.3 is 0 Å². The van der Waals surface area contributed by atoms with Crippen LogP contribution in [0.3, 0.4) is 0 Å². The minimum atomic E-state index is -0.625. The van der Waals surface area contributed by atoms with Gasteiger partial charge in [-0.05, 0) is 79.6 Å². The number of carbonyl (C=O) groups is 2. The molecular weight excluding hydrogens is 399 g/mol. The smallest absolute Gasteiger partial charge is 0.253 e. The maximum Gasteiger partial charge on any atom is 0.253 e. The molecule has 1 saturated heterocycles. The van der Waals surface area contributed by atoms with Gasteiger partial charge in [-0.2, -0.15) is 0 Å². The molecule has 0 unspecified atom stereocenters. The molecular formula is C24H27FN2O4. The summed E-state index contributed by atoms with van der Waals surface area (Å²) in [6, 6.07) is 11.1. The number of ether oxygens (including phenoxy) is 1. The fourth-order valence-electron chi connectivity index (χ4n) is 4.68. The molecule has 2 aromatic rings. The van der Waals surface area contributed by atoms with Crippen molar-refractivity contribution in [3.63, 3.8) is 0 Å². The molecule has 2 N–H and O–H groups in total. The van der Waals surface area contributed by atoms with Crippen molar-refractivity contribution in [3.05, 3.63) is 59.4 Å². The number of halogens is 1. The zero-order chi connectivity index (χ0) is 22.1. The second kappa shape index (κ2) is 8.67. The Kier molecular flexibility index (Phi) is 5.96. The van der Waals surface area contributed by atoms with Gasteiger partial charge in [-0.1, -0.05) is 0 Å². The summed E-state index contributed by atoms with van der Waals surface area (Å²) in [6.45, 7) is 4.54. The van der Waals surface area contributed by atoms with Crippen LogP contribution in [-0.4, -0.2) is 47.1 Å². The molecule has 31 heavy (non-hydrogen) atoms. The van der Waals surface area contributed by atoms with Gasteiger partial charge in [0.1, 0.15) is 17.7 Å². The number of likely N-dealkylation sites (tertiary alicyclic amines) is 1. The number of nitrogens with one attached hydrogen (secondary N) is 1. The number of nitrogens with zero attached hydrogens (tertiary/aromatic N) is 1. The Balaban J connectivity index is 1.41. The summed E-state index contributed by atoms with van der Waals surface area (Å²) in [5.41, 5.74) is 2.12. The van der Waals surface area contributed by atoms with E-state index in [-0.39, 0.29) is 35.6 Å². The zero-order valence-electron chi connectivity index (χ0n) is 17.7. The molecule has 1 aliphatic carbocycles. The van der Waals surface area contributed by atoms with Gasteiger partial charge in [0.15, 0.2) is 0 Å². The van der Waals surface area contributed by atoms with E-state index in [1.165, 1.54) is 19.1 Å². The molecule has 2 aliphatic rings. The van der Waals surface area contributed by atoms with E-state index in [9.17, 15) is 19.1 Å². The van der Waals surface area contributed by atoms with Gasteiger partial charge in [-0.25, -0.2) is 4.39 Å². The highest BCUT2D eigenvalue weighted by Gasteiger charge is 2.44. The number of fused-ring (bicyclic) bond motifs is 1. The van der Waals surface area contributed by atoms with Crippen molar-refractivity contribution in [2.75, 3.05) is 18.4 Å². The average molecular weight is 426 g/mol. The molecule has 0 aromatic heterocycles. The van der Waals surface area contributed by atoms with Crippen molar-refractivity contribution in [2.45, 2.75) is 38.9 Å². The lowest BCUT2D eigenvalue weighted by Crippen LogP contribution is -2.42. The summed E-state index contributed by atoms with van der Waals surface area (Å²) in [4.78, 5) is 26.2. The summed E-state index contributed by atoms with van der Waals surface area (Å²) >= 11 is 0. The predicted molar refractivity (Wildman–Crippen MR) is 114 cm³/mol. The molecule has 4 atom stereocenters. The Labute approximate surface area is 181 Å². The number of amides is 2. The maximum atomic E-state index is 13.1. The molecule has 0 radical (unpaired) electrons. The van der Waals surface area contributed by atoms with Gasteiger partial charge in [0.2, 0.25) is 5.91 Å². The van der Waals surface area contributed by atoms with Crippen molar-refractivity contribution in [1.29, 1.82) is 0 Å². The van der Waals surface area contributed by atoms with E-state index in [0.717, 1.165) is 5.56 Å². The van der Waals surface area contributed by atoms with E-state index < -0.39 is 6.10 Å². The topological polar surface area (TPSA) is 78.9 Å². The van der Waals surface area contributed by atoms with Crippen LogP contribution in [0.4, 0.5) is 10.1 Å². The Morgan fingerprint density at radius 3 is 2.42 bits per heavy atom. The van der Waals surface area contributed by atoms with E-state index in [2.05, 4.69) is 5.32 Å². The molecule has 0 bridgehead atoms. The Bertz CT molecular complexity index is 978. The molecule has 7 heteroatoms. The van der Waals surface area contributed by atoms with Gasteiger partial charge in [0.05, 0.1) is 6.10 Å². The third-order valence-electron chi connectivity index (χ3n) is 6.26. The summed E-state index contributed by atoms with van der Waals surface area (Å²) in [5, 5.41) is 13.3. The highest BCUT2D eigenvalue weighted by molar-refractivity contribution is 5.96. The number of hydrogen-bond donors (Lipinski definition) is 2. The van der Waals surface area contributed by atoms with Gasteiger partial charge in [0.25, 0.3) is 5.91 Å². The van der Waals surface area contributed by atoms with Crippen LogP contribution < -0.4 is 10.1 Å². The Hall–Kier alpha value is -2.93. The lowest BCUT2D eigenvalue weighted by molar-refractivity contribution is -0.114. The first kappa shape index (κ1) is 21.3. The first-order chi connectivity index (χ1) is 14.8. The monoisotopic (exact) mass is 426 g/mol. The molecule has 1 aliphatic heterocycles. The van der Waals surface area contributed by atoms with Gasteiger partial charge in [-0.15, -0.1) is 0 Å². The van der Waals surface area contributed by atoms with Crippen LogP contribution in [0.25, 0.3) is 0 Å². The third-order valence-corrected chi connectivity index (χ3v) is 6.26. The lowest BCUT2D eigenvalue weighted by atomic mass is 9.78. The molecule has 2 amide bonds. The van der Waals surface area contributed by atoms with E-state index >= 15 is 0 Å². The van der Waals surface area contributed by atoms with Crippen molar-refractivity contribution >= 4 is 17.5 Å². The number of hydrogen-bond acceptors (Lipinski definition) is 4. The highest BCUT2D eigenvalue weighted by atomic mass is 19.1. The van der Waals surface area contributed by atoms with Crippen LogP contribution in [0.5, 0.6) is 5.75 Å². The maximum absolute atomic E-state index is 13.1. The van der Waals surface area contributed by atoms with Crippen LogP contribution >= 0.6 is 0 Å². The molecule has 2 fully saturated rings. The molecule has 1 heterocycles. The molecule has 0 spiro atoms. The number of aryl methyl sites for hydroxylation is 1. The predicted octanol–water partition coefficient (Wildman–Crippen LogP) is 3.38. The second-order valence-electron chi connectivity index (χ2n) is 8.59. The summed E-state index contributed by atoms with van der Waals surface area (Å²) < 4.78 is 19.0. The van der Waals surface area contributed by atoms with Crippen LogP contribution in [0.1, 0.15) is 35.7 Å². The highest BCUT2D eigenvalue weighted by Crippen LogP contribution is 2.38. The number of benzene rings is 2. The fraction of sp³-hybridized carbons (Fsp3) is 0.417. The summed E-state index contributed by atoms with van der Waals surface area (Å²) in [6.07, 6.45) is 0.218. The zero-order valence-corrected chi connectivity index (χ0v) is 17.7. The van der Waals surface area contributed by atoms with Crippen LogP contribution in [-0.2, 0) is 4.79 Å². The Morgan fingerprint density at radius 1 is 1.10 bits per heavy atom. The molecule has 4 rings (SSSR count). The first-order valence-corrected chi connectivity index (χ1v) is 10.6. The van der Waals surface area contributed by atoms with Crippen molar-refractivity contribution < 1.29 is 23.8 Å². The molecule has 164 valence electrons. The van der Waals surface area contributed by atoms with Crippen molar-refractivity contribution in [2.24, 2.45) is 11.8 Å². The largest absolute Gasteiger partial charge is 0.488 e. The van der Waals surface area contributed by atoms with Crippen LogP contribution in [0.2, 0.25) is 0 Å². The van der Waals surface area contributed by atoms with Gasteiger partial charge in [0, 0.05) is 31.3 Å². The minimum Gasteiger partial charge on any atom is -0.488 e. The Morgan fingerprint density at radius 2 is 1.77 bits per heavy atom. The number of aliphatic hydroxyl groups is 1. The molecule has 6 nitrogen and oxygen atoms in total. The lowest BCUT2D eigenvalue weighted by Gasteiger charge is -2.35. The number of rotatable bonds is 4. The van der Waals surface area contributed by atoms with Crippen LogP contribution in [0.15, 0.2) is 42.5 Å². The standard InChI is InChI=1S/C24H27FN2O4/c1-14-9-16(3-8-21(14)26-15(2)28)24(30)27-12-17-10-22(29)23(11-18(17)13-27)31-20-6-4-19(25)5-7-20/h3-9,17-18,22-23,29H,10-13H2,1-2H3,(H,26,28)/t17-,18+,22+,23+/m0/s1. The van der Waals surface area contributed by atoms with Crippen molar-refractivity contribution in [3.8, 4) is 5.75 Å². The SMILES string of the molecule is CC(=O)Nc1ccc(C(=O)N2C[C@H]3C[C@@H](Oc4ccc(F)cc4)[C@H](O)C[C@H]3C2)cc1C. The van der Waals surface area contributed by atoms with E-state index in [0.29, 0.717) is 42.9 Å². The van der Waals surface area contributed by atoms with Crippen LogP contribution in [0, 0.1) is 24.6 Å². The fourth-order valence-corrected chi connectivity index (χ4v) is 4.68. The van der Waals surface area contributed by atoms with Crippen molar-refractivity contribution in [1.82, 2.24) is 4.90 Å². The third kappa shape index (κ3) is 4.71. The second-order valence-corrected chi connectivity index (χ2v) is 8.59. The summed E-state index contributed by atoms with van der Waals surface area (Å²) in [7, 11) is 0. The minimum absolute atomic E-state index is 0.0441. The summed E-state index contributed by atoms with van der Waals surface area (Å²) in [5.74, 6) is 0.481. The molecule has 1 saturated carbocycles. The molecule has 2 aromatic carbocycles. The number of aliphatic hydroxyl groups excluding tert-OH is 1. The quantitative estimate of drug-likeness (QED) is 0.786. The number of anilines is 1.